The van der Waals surface area contributed by atoms with Gasteiger partial charge in [-0.1, -0.05) is 0 Å². The molecule has 2 fully saturated rings. The van der Waals surface area contributed by atoms with Crippen LogP contribution in [0.2, 0.25) is 29.3 Å². The average Bonchev–Trinajstić information content (AvgIpc) is 3.27. The van der Waals surface area contributed by atoms with E-state index < -0.39 is 49.4 Å². The molecule has 3 heterocycles. The number of hydrogen-bond donors (Lipinski definition) is 3. The summed E-state index contributed by atoms with van der Waals surface area (Å²) in [6.07, 6.45) is -1.25. The fourth-order valence-electron chi connectivity index (χ4n) is 4.45. The van der Waals surface area contributed by atoms with E-state index in [-0.39, 0.29) is 30.3 Å². The summed E-state index contributed by atoms with van der Waals surface area (Å²) in [7, 11) is -2.10. The molecule has 0 spiro atoms. The van der Waals surface area contributed by atoms with Crippen LogP contribution in [0.3, 0.4) is 0 Å². The third kappa shape index (κ3) is 5.03. The van der Waals surface area contributed by atoms with Crippen LogP contribution in [-0.2, 0) is 18.7 Å². The Morgan fingerprint density at radius 1 is 1.21 bits per heavy atom. The fourth-order valence-corrected chi connectivity index (χ4v) is 7.11. The van der Waals surface area contributed by atoms with Gasteiger partial charge in [0.05, 0.1) is 0 Å². The van der Waals surface area contributed by atoms with Crippen molar-refractivity contribution < 1.29 is 38.2 Å². The van der Waals surface area contributed by atoms with Gasteiger partial charge in [-0.15, -0.1) is 0 Å². The van der Waals surface area contributed by atoms with E-state index in [1.54, 1.807) is 13.1 Å². The van der Waals surface area contributed by atoms with E-state index in [1.165, 1.54) is 0 Å². The number of nitrogens with one attached hydrogen (secondary N) is 1. The molecular weight excluding hydrogens is 511 g/mol. The number of hydrogen-bond acceptors (Lipinski definition) is 7. The Morgan fingerprint density at radius 3 is 2.36 bits per heavy atom. The first kappa shape index (κ1) is 27.0. The van der Waals surface area contributed by atoms with Crippen molar-refractivity contribution in [2.75, 3.05) is 6.61 Å². The summed E-state index contributed by atoms with van der Waals surface area (Å²) >= 11 is 0.341. The molecule has 0 aromatic heterocycles. The van der Waals surface area contributed by atoms with Gasteiger partial charge in [0.2, 0.25) is 0 Å². The van der Waals surface area contributed by atoms with Crippen LogP contribution in [0.1, 0.15) is 40.5 Å². The number of nitrogens with zero attached hydrogens (tertiary/aromatic N) is 1. The van der Waals surface area contributed by atoms with Crippen molar-refractivity contribution >= 4 is 35.2 Å². The van der Waals surface area contributed by atoms with Gasteiger partial charge in [-0.3, -0.25) is 0 Å². The van der Waals surface area contributed by atoms with Crippen molar-refractivity contribution in [3.8, 4) is 0 Å². The van der Waals surface area contributed by atoms with Crippen LogP contribution in [0, 0.1) is 0 Å². The van der Waals surface area contributed by atoms with Gasteiger partial charge in [0.1, 0.15) is 0 Å². The van der Waals surface area contributed by atoms with Crippen molar-refractivity contribution in [2.24, 2.45) is 0 Å². The molecule has 3 aliphatic heterocycles. The number of aliphatic hydroxyl groups excluding tert-OH is 2. The second kappa shape index (κ2) is 9.79. The molecule has 0 aliphatic carbocycles. The molecule has 0 bridgehead atoms. The Kier molecular flexibility index (Phi) is 8.00. The Hall–Kier alpha value is -0.624. The summed E-state index contributed by atoms with van der Waals surface area (Å²) < 4.78 is 18.9. The molecule has 9 nitrogen and oxygen atoms in total. The van der Waals surface area contributed by atoms with E-state index >= 15 is 0 Å². The normalized spacial score (nSPS) is 37.9. The fraction of sp³-hybridized carbons (Fsp3) is 0.818. The standard InChI is InChI=1S/C22H38N2O7SeSi/c1-13-10-24(21(28)23-20(13)27,18-8-14(26)16(11-25)29-18)19-9-15(17(30-19)12-32-5)31-33(6,7)22(2,3)4/h10,14-19,25-26H,8-9,11-12H2,1-7H3/p+1/t14-,15-,16+,17-,18+,19+,24?/m0/s1. The molecule has 0 radical (unpaired) electrons. The monoisotopic (exact) mass is 551 g/mol. The predicted octanol–water partition coefficient (Wildman–Crippen LogP) is 2.10. The first-order chi connectivity index (χ1) is 15.3. The molecule has 3 amide bonds. The van der Waals surface area contributed by atoms with Crippen molar-refractivity contribution in [3.05, 3.63) is 11.8 Å². The quantitative estimate of drug-likeness (QED) is 0.329. The molecule has 33 heavy (non-hydrogen) atoms. The maximum absolute atomic E-state index is 13.4. The number of rotatable bonds is 7. The van der Waals surface area contributed by atoms with Crippen molar-refractivity contribution in [3.63, 3.8) is 0 Å². The summed E-state index contributed by atoms with van der Waals surface area (Å²) in [5.41, 5.74) is 0.383. The number of ether oxygens (including phenoxy) is 2. The minimum absolute atomic E-state index is 0.0255. The molecule has 0 saturated carbocycles. The molecule has 0 aromatic rings. The summed E-state index contributed by atoms with van der Waals surface area (Å²) in [4.78, 5) is 25.7. The summed E-state index contributed by atoms with van der Waals surface area (Å²) in [5, 5.41) is 23.3. The topological polar surface area (TPSA) is 114 Å². The van der Waals surface area contributed by atoms with Crippen LogP contribution in [0.25, 0.3) is 0 Å². The molecule has 3 rings (SSSR count). The van der Waals surface area contributed by atoms with Crippen LogP contribution >= 0.6 is 0 Å². The van der Waals surface area contributed by atoms with Crippen LogP contribution in [0.15, 0.2) is 11.8 Å². The van der Waals surface area contributed by atoms with E-state index in [9.17, 15) is 19.8 Å². The summed E-state index contributed by atoms with van der Waals surface area (Å²) in [5.74, 6) is 1.70. The first-order valence-corrected chi connectivity index (χ1v) is 17.3. The van der Waals surface area contributed by atoms with Gasteiger partial charge in [-0.2, -0.15) is 0 Å². The van der Waals surface area contributed by atoms with Crippen LogP contribution in [0.5, 0.6) is 0 Å². The van der Waals surface area contributed by atoms with E-state index in [0.29, 0.717) is 27.0 Å². The van der Waals surface area contributed by atoms with Crippen LogP contribution in [0.4, 0.5) is 4.79 Å². The second-order valence-electron chi connectivity index (χ2n) is 10.8. The van der Waals surface area contributed by atoms with E-state index in [2.05, 4.69) is 45.0 Å². The zero-order chi connectivity index (χ0) is 24.8. The van der Waals surface area contributed by atoms with Crippen LogP contribution < -0.4 is 5.32 Å². The van der Waals surface area contributed by atoms with Crippen molar-refractivity contribution in [1.29, 1.82) is 0 Å². The molecule has 11 heteroatoms. The van der Waals surface area contributed by atoms with Gasteiger partial charge in [-0.25, -0.2) is 0 Å². The van der Waals surface area contributed by atoms with Crippen molar-refractivity contribution in [1.82, 2.24) is 5.32 Å². The zero-order valence-corrected chi connectivity index (χ0v) is 23.4. The van der Waals surface area contributed by atoms with Crippen molar-refractivity contribution in [2.45, 2.75) is 107 Å². The van der Waals surface area contributed by atoms with Crippen LogP contribution in [-0.4, -0.2) is 93.4 Å². The Labute approximate surface area is 203 Å². The number of aliphatic hydroxyl groups is 2. The minimum atomic E-state index is -2.10. The Bertz CT molecular complexity index is 802. The Balaban J connectivity index is 1.99. The van der Waals surface area contributed by atoms with Gasteiger partial charge in [0, 0.05) is 0 Å². The number of urea groups is 1. The summed E-state index contributed by atoms with van der Waals surface area (Å²) in [6.45, 7) is 12.3. The zero-order valence-electron chi connectivity index (χ0n) is 20.7. The number of carbonyl (C=O) groups excluding carboxylic acids is 2. The maximum atomic E-state index is 13.4. The predicted molar refractivity (Wildman–Crippen MR) is 126 cm³/mol. The van der Waals surface area contributed by atoms with Gasteiger partial charge in [0.15, 0.2) is 0 Å². The van der Waals surface area contributed by atoms with E-state index in [0.717, 1.165) is 5.32 Å². The molecule has 1 unspecified atom stereocenters. The van der Waals surface area contributed by atoms with Gasteiger partial charge in [0.25, 0.3) is 0 Å². The third-order valence-electron chi connectivity index (χ3n) is 7.44. The molecular formula is C22H39N2O7SeSi+. The molecule has 3 aliphatic rings. The molecule has 188 valence electrons. The molecule has 0 aromatic carbocycles. The molecule has 7 atom stereocenters. The number of imide groups is 1. The van der Waals surface area contributed by atoms with Gasteiger partial charge >= 0.3 is 204 Å². The van der Waals surface area contributed by atoms with Gasteiger partial charge < -0.3 is 0 Å². The third-order valence-corrected chi connectivity index (χ3v) is 13.3. The summed E-state index contributed by atoms with van der Waals surface area (Å²) in [6, 6.07) is -0.542. The van der Waals surface area contributed by atoms with Gasteiger partial charge in [-0.05, 0) is 0 Å². The molecule has 3 N–H and O–H groups in total. The SMILES string of the molecule is C[Se]C[C@@H]1O[C@@H]([N+]2([C@H]3C[C@H](O)[C@@H](CO)O3)C=C(C)C(=O)NC2=O)C[C@@H]1O[Si](C)(C)C(C)(C)C. The first-order valence-electron chi connectivity index (χ1n) is 11.5. The average molecular weight is 551 g/mol. The second-order valence-corrected chi connectivity index (χ2v) is 17.4. The van der Waals surface area contributed by atoms with E-state index in [1.807, 2.05) is 0 Å². The number of amides is 3. The van der Waals surface area contributed by atoms with E-state index in [4.69, 9.17) is 13.9 Å². The number of quaternary nitrogens is 1. The molecule has 2 saturated heterocycles. The Morgan fingerprint density at radius 2 is 1.82 bits per heavy atom. The number of carbonyl (C=O) groups is 2.